The summed E-state index contributed by atoms with van der Waals surface area (Å²) in [5.74, 6) is 0. The molecule has 2 aliphatic rings. The summed E-state index contributed by atoms with van der Waals surface area (Å²) in [5.41, 5.74) is 23.2. The molecule has 0 aliphatic heterocycles. The van der Waals surface area contributed by atoms with E-state index in [1.807, 2.05) is 11.3 Å². The van der Waals surface area contributed by atoms with Gasteiger partial charge in [0.2, 0.25) is 0 Å². The summed E-state index contributed by atoms with van der Waals surface area (Å²) in [6, 6.07) is 106. The van der Waals surface area contributed by atoms with Crippen LogP contribution in [0.25, 0.3) is 108 Å². The van der Waals surface area contributed by atoms with Crippen molar-refractivity contribution >= 4 is 70.1 Å². The van der Waals surface area contributed by atoms with E-state index >= 15 is 0 Å². The second-order valence-electron chi connectivity index (χ2n) is 20.6. The van der Waals surface area contributed by atoms with Crippen molar-refractivity contribution in [2.75, 3.05) is 4.90 Å². The molecule has 0 amide bonds. The van der Waals surface area contributed by atoms with Gasteiger partial charge in [0.1, 0.15) is 0 Å². The highest BCUT2D eigenvalue weighted by atomic mass is 32.1. The molecular weight excluding hydrogens is 947 g/mol. The van der Waals surface area contributed by atoms with Crippen molar-refractivity contribution in [3.8, 4) is 66.8 Å². The maximum absolute atomic E-state index is 2.50. The van der Waals surface area contributed by atoms with Crippen molar-refractivity contribution in [3.05, 3.63) is 307 Å². The monoisotopic (exact) mass is 993 g/mol. The van der Waals surface area contributed by atoms with Crippen LogP contribution in [-0.2, 0) is 5.41 Å². The molecular formula is C75H47NS. The maximum Gasteiger partial charge on any atom is 0.0725 e. The summed E-state index contributed by atoms with van der Waals surface area (Å²) in [7, 11) is 0. The molecule has 0 saturated carbocycles. The topological polar surface area (TPSA) is 3.24 Å². The minimum atomic E-state index is -0.424. The molecule has 0 fully saturated rings. The lowest BCUT2D eigenvalue weighted by Crippen LogP contribution is -2.25. The van der Waals surface area contributed by atoms with Crippen molar-refractivity contribution in [1.82, 2.24) is 0 Å². The molecule has 16 rings (SSSR count). The number of thiophene rings is 1. The third-order valence-electron chi connectivity index (χ3n) is 16.7. The molecule has 14 aromatic rings. The Hall–Kier alpha value is -9.60. The third-order valence-corrected chi connectivity index (χ3v) is 17.9. The van der Waals surface area contributed by atoms with Crippen LogP contribution >= 0.6 is 11.3 Å². The minimum absolute atomic E-state index is 0.424. The van der Waals surface area contributed by atoms with E-state index in [9.17, 15) is 0 Å². The van der Waals surface area contributed by atoms with Crippen molar-refractivity contribution in [2.24, 2.45) is 0 Å². The van der Waals surface area contributed by atoms with Crippen LogP contribution < -0.4 is 4.90 Å². The van der Waals surface area contributed by atoms with Crippen LogP contribution in [-0.4, -0.2) is 0 Å². The van der Waals surface area contributed by atoms with Gasteiger partial charge in [-0.2, -0.15) is 0 Å². The Labute approximate surface area is 451 Å². The van der Waals surface area contributed by atoms with Crippen molar-refractivity contribution in [1.29, 1.82) is 0 Å². The zero-order chi connectivity index (χ0) is 50.6. The van der Waals surface area contributed by atoms with Crippen LogP contribution in [0.15, 0.2) is 285 Å². The second kappa shape index (κ2) is 17.2. The summed E-state index contributed by atoms with van der Waals surface area (Å²) in [6.07, 6.45) is 0. The van der Waals surface area contributed by atoms with Gasteiger partial charge in [-0.05, 0) is 154 Å². The summed E-state index contributed by atoms with van der Waals surface area (Å²) in [4.78, 5) is 2.50. The summed E-state index contributed by atoms with van der Waals surface area (Å²) in [5, 5.41) is 7.52. The molecule has 77 heavy (non-hydrogen) atoms. The van der Waals surface area contributed by atoms with E-state index in [-0.39, 0.29) is 0 Å². The molecule has 0 unspecified atom stereocenters. The second-order valence-corrected chi connectivity index (χ2v) is 21.7. The first-order valence-corrected chi connectivity index (χ1v) is 27.5. The fourth-order valence-electron chi connectivity index (χ4n) is 13.3. The number of nitrogens with zero attached hydrogens (tertiary/aromatic N) is 1. The first kappa shape index (κ1) is 43.8. The van der Waals surface area contributed by atoms with Crippen LogP contribution in [0.5, 0.6) is 0 Å². The van der Waals surface area contributed by atoms with Crippen molar-refractivity contribution in [2.45, 2.75) is 5.41 Å². The van der Waals surface area contributed by atoms with E-state index in [1.54, 1.807) is 0 Å². The summed E-state index contributed by atoms with van der Waals surface area (Å²) >= 11 is 1.89. The van der Waals surface area contributed by atoms with E-state index < -0.39 is 5.41 Å². The number of fused-ring (bicyclic) bond motifs is 15. The Morgan fingerprint density at radius 1 is 0.273 bits per heavy atom. The third kappa shape index (κ3) is 6.59. The predicted octanol–water partition coefficient (Wildman–Crippen LogP) is 20.8. The van der Waals surface area contributed by atoms with Crippen LogP contribution in [0.2, 0.25) is 0 Å². The van der Waals surface area contributed by atoms with Crippen LogP contribution in [0.4, 0.5) is 17.1 Å². The Balaban J connectivity index is 0.883. The molecule has 1 spiro atoms. The highest BCUT2D eigenvalue weighted by molar-refractivity contribution is 7.26. The molecule has 1 aromatic heterocycles. The Bertz CT molecular complexity index is 4640. The number of rotatable bonds is 7. The van der Waals surface area contributed by atoms with E-state index in [0.717, 1.165) is 17.1 Å². The lowest BCUT2D eigenvalue weighted by Gasteiger charge is -2.31. The molecule has 0 N–H and O–H groups in total. The molecule has 13 aromatic carbocycles. The van der Waals surface area contributed by atoms with Crippen LogP contribution in [0.1, 0.15) is 22.3 Å². The molecule has 0 radical (unpaired) electrons. The minimum Gasteiger partial charge on any atom is -0.310 e. The number of benzene rings is 13. The SMILES string of the molecule is c1cc(-c2ccc(N(c3cccc(-c4ccc5c(c4)C4(c6ccccc6-c6ccccc64)c4ccccc4-5)c3)c3ccc(-c4cccc5ccccc45)c4sc5ccccc5c34)cc2)cc(-c2cccc3ccccc23)c1. The first-order valence-electron chi connectivity index (χ1n) is 26.6. The van der Waals surface area contributed by atoms with Gasteiger partial charge in [-0.15, -0.1) is 11.3 Å². The van der Waals surface area contributed by atoms with Gasteiger partial charge in [0, 0.05) is 37.1 Å². The lowest BCUT2D eigenvalue weighted by atomic mass is 9.70. The van der Waals surface area contributed by atoms with E-state index in [0.29, 0.717) is 0 Å². The predicted molar refractivity (Wildman–Crippen MR) is 327 cm³/mol. The molecule has 358 valence electrons. The van der Waals surface area contributed by atoms with Gasteiger partial charge in [0.15, 0.2) is 0 Å². The van der Waals surface area contributed by atoms with Gasteiger partial charge in [0.05, 0.1) is 11.1 Å². The molecule has 1 nitrogen and oxygen atoms in total. The fraction of sp³-hybridized carbons (Fsp3) is 0.0133. The van der Waals surface area contributed by atoms with Gasteiger partial charge >= 0.3 is 0 Å². The smallest absolute Gasteiger partial charge is 0.0725 e. The van der Waals surface area contributed by atoms with Crippen molar-refractivity contribution in [3.63, 3.8) is 0 Å². The van der Waals surface area contributed by atoms with Gasteiger partial charge < -0.3 is 4.90 Å². The average molecular weight is 994 g/mol. The molecule has 2 heteroatoms. The van der Waals surface area contributed by atoms with Gasteiger partial charge in [0.25, 0.3) is 0 Å². The first-order chi connectivity index (χ1) is 38.2. The van der Waals surface area contributed by atoms with Crippen LogP contribution in [0, 0.1) is 0 Å². The Morgan fingerprint density at radius 2 is 0.753 bits per heavy atom. The fourth-order valence-corrected chi connectivity index (χ4v) is 14.6. The number of hydrogen-bond acceptors (Lipinski definition) is 2. The molecule has 2 aliphatic carbocycles. The molecule has 0 saturated heterocycles. The van der Waals surface area contributed by atoms with Gasteiger partial charge in [-0.25, -0.2) is 0 Å². The molecule has 1 heterocycles. The zero-order valence-corrected chi connectivity index (χ0v) is 42.8. The standard InChI is InChI=1S/C75H47NS/c1-3-25-57-49(17-1)19-15-31-59(57)54-23-13-21-51(45-54)48-37-40-55(41-38-48)76(71-44-43-65(60-32-16-20-50-18-2-4-26-58(50)60)74-73(71)66-30-8-12-36-72(66)77-74)56-24-14-22-52(46-56)53-39-42-64-63-29-7-11-35-69(63)75(70(64)47-53)67-33-9-5-27-61(67)62-28-6-10-34-68(62)75/h1-47H. The molecule has 0 atom stereocenters. The lowest BCUT2D eigenvalue weighted by molar-refractivity contribution is 0.794. The van der Waals surface area contributed by atoms with E-state index in [1.165, 1.54) is 131 Å². The Kier molecular flexibility index (Phi) is 9.79. The van der Waals surface area contributed by atoms with Gasteiger partial charge in [-0.3, -0.25) is 0 Å². The van der Waals surface area contributed by atoms with Gasteiger partial charge in [-0.1, -0.05) is 237 Å². The Morgan fingerprint density at radius 3 is 1.45 bits per heavy atom. The van der Waals surface area contributed by atoms with Crippen LogP contribution in [0.3, 0.4) is 0 Å². The summed E-state index contributed by atoms with van der Waals surface area (Å²) in [6.45, 7) is 0. The van der Waals surface area contributed by atoms with E-state index in [4.69, 9.17) is 0 Å². The van der Waals surface area contributed by atoms with Crippen molar-refractivity contribution < 1.29 is 0 Å². The number of anilines is 3. The number of hydrogen-bond donors (Lipinski definition) is 0. The highest BCUT2D eigenvalue weighted by Gasteiger charge is 2.51. The van der Waals surface area contributed by atoms with E-state index in [2.05, 4.69) is 290 Å². The quantitative estimate of drug-likeness (QED) is 0.154. The average Bonchev–Trinajstić information content (AvgIpc) is 4.35. The maximum atomic E-state index is 2.50. The highest BCUT2D eigenvalue weighted by Crippen LogP contribution is 2.63. The largest absolute Gasteiger partial charge is 0.310 e. The normalized spacial score (nSPS) is 12.8. The summed E-state index contributed by atoms with van der Waals surface area (Å²) < 4.78 is 2.55. The molecule has 0 bridgehead atoms. The zero-order valence-electron chi connectivity index (χ0n) is 42.0.